The summed E-state index contributed by atoms with van der Waals surface area (Å²) >= 11 is 0. The molecule has 15 heavy (non-hydrogen) atoms. The van der Waals surface area contributed by atoms with Crippen molar-refractivity contribution in [2.75, 3.05) is 7.11 Å². The number of hydrogen-bond donors (Lipinski definition) is 1. The first-order valence-electron chi connectivity index (χ1n) is 5.18. The van der Waals surface area contributed by atoms with E-state index in [1.807, 2.05) is 12.1 Å². The molecule has 0 saturated carbocycles. The Bertz CT molecular complexity index is 477. The Labute approximate surface area is 90.3 Å². The fourth-order valence-corrected chi connectivity index (χ4v) is 1.71. The maximum Gasteiger partial charge on any atom is 0.128 e. The summed E-state index contributed by atoms with van der Waals surface area (Å²) in [6, 6.07) is 8.24. The molecular weight excluding hydrogens is 186 g/mol. The molecule has 0 unspecified atom stereocenters. The molecule has 0 amide bonds. The second-order valence-corrected chi connectivity index (χ2v) is 4.85. The van der Waals surface area contributed by atoms with Crippen LogP contribution in [0.25, 0.3) is 10.9 Å². The molecule has 0 bridgehead atoms. The van der Waals surface area contributed by atoms with Crippen LogP contribution in [0, 0.1) is 0 Å². The van der Waals surface area contributed by atoms with Crippen molar-refractivity contribution in [3.63, 3.8) is 0 Å². The first-order valence-corrected chi connectivity index (χ1v) is 5.18. The lowest BCUT2D eigenvalue weighted by Crippen LogP contribution is -2.10. The number of nitrogens with one attached hydrogen (secondary N) is 1. The smallest absolute Gasteiger partial charge is 0.128 e. The minimum atomic E-state index is 0.143. The number of ether oxygens (including phenoxy) is 1. The number of fused-ring (bicyclic) bond motifs is 1. The van der Waals surface area contributed by atoms with Crippen LogP contribution in [0.15, 0.2) is 24.3 Å². The summed E-state index contributed by atoms with van der Waals surface area (Å²) < 4.78 is 5.33. The number of rotatable bonds is 1. The molecule has 1 heterocycles. The van der Waals surface area contributed by atoms with E-state index < -0.39 is 0 Å². The van der Waals surface area contributed by atoms with Crippen molar-refractivity contribution in [3.8, 4) is 5.75 Å². The summed E-state index contributed by atoms with van der Waals surface area (Å²) in [6.45, 7) is 6.60. The van der Waals surface area contributed by atoms with E-state index in [9.17, 15) is 0 Å². The van der Waals surface area contributed by atoms with E-state index in [4.69, 9.17) is 4.74 Å². The van der Waals surface area contributed by atoms with E-state index in [1.165, 1.54) is 5.69 Å². The summed E-state index contributed by atoms with van der Waals surface area (Å²) in [5, 5.41) is 1.16. The van der Waals surface area contributed by atoms with Gasteiger partial charge in [0.25, 0.3) is 0 Å². The quantitative estimate of drug-likeness (QED) is 0.754. The van der Waals surface area contributed by atoms with Crippen LogP contribution < -0.4 is 4.74 Å². The summed E-state index contributed by atoms with van der Waals surface area (Å²) in [5.74, 6) is 0.930. The summed E-state index contributed by atoms with van der Waals surface area (Å²) in [5.41, 5.74) is 2.52. The molecule has 2 nitrogen and oxygen atoms in total. The molecule has 1 N–H and O–H groups in total. The SMILES string of the molecule is COc1cccc2[nH]c(C(C)(C)C)cc12. The Morgan fingerprint density at radius 2 is 1.93 bits per heavy atom. The molecule has 0 atom stereocenters. The van der Waals surface area contributed by atoms with Crippen LogP contribution >= 0.6 is 0 Å². The second-order valence-electron chi connectivity index (χ2n) is 4.85. The molecule has 2 heteroatoms. The Hall–Kier alpha value is -1.44. The number of aromatic amines is 1. The number of H-pyrrole nitrogens is 1. The zero-order valence-corrected chi connectivity index (χ0v) is 9.72. The molecule has 0 saturated heterocycles. The maximum absolute atomic E-state index is 5.33. The molecule has 0 aliphatic rings. The summed E-state index contributed by atoms with van der Waals surface area (Å²) in [7, 11) is 1.71. The Kier molecular flexibility index (Phi) is 2.22. The standard InChI is InChI=1S/C13H17NO/c1-13(2,3)12-8-9-10(14-12)6-5-7-11(9)15-4/h5-8,14H,1-4H3. The molecule has 2 rings (SSSR count). The predicted molar refractivity (Wildman–Crippen MR) is 63.6 cm³/mol. The lowest BCUT2D eigenvalue weighted by Gasteiger charge is -2.15. The van der Waals surface area contributed by atoms with Crippen LogP contribution in [-0.2, 0) is 5.41 Å². The van der Waals surface area contributed by atoms with Gasteiger partial charge in [-0.25, -0.2) is 0 Å². The number of benzene rings is 1. The first kappa shape index (κ1) is 10.1. The van der Waals surface area contributed by atoms with Crippen molar-refractivity contribution >= 4 is 10.9 Å². The molecule has 0 spiro atoms. The van der Waals surface area contributed by atoms with Crippen LogP contribution in [-0.4, -0.2) is 12.1 Å². The highest BCUT2D eigenvalue weighted by Gasteiger charge is 2.17. The van der Waals surface area contributed by atoms with Crippen molar-refractivity contribution in [1.82, 2.24) is 4.98 Å². The zero-order chi connectivity index (χ0) is 11.1. The molecule has 0 fully saturated rings. The van der Waals surface area contributed by atoms with Crippen molar-refractivity contribution in [2.24, 2.45) is 0 Å². The monoisotopic (exact) mass is 203 g/mol. The molecule has 0 aliphatic heterocycles. The van der Waals surface area contributed by atoms with Gasteiger partial charge < -0.3 is 9.72 Å². The Balaban J connectivity index is 2.65. The van der Waals surface area contributed by atoms with Gasteiger partial charge in [0.15, 0.2) is 0 Å². The summed E-state index contributed by atoms with van der Waals surface area (Å²) in [4.78, 5) is 3.43. The van der Waals surface area contributed by atoms with Gasteiger partial charge in [0.1, 0.15) is 5.75 Å². The van der Waals surface area contributed by atoms with E-state index in [0.717, 1.165) is 16.7 Å². The largest absolute Gasteiger partial charge is 0.496 e. The van der Waals surface area contributed by atoms with Gasteiger partial charge in [-0.05, 0) is 18.2 Å². The average Bonchev–Trinajstić information content (AvgIpc) is 2.59. The van der Waals surface area contributed by atoms with Gasteiger partial charge in [-0.2, -0.15) is 0 Å². The fourth-order valence-electron chi connectivity index (χ4n) is 1.71. The molecule has 2 aromatic rings. The third-order valence-electron chi connectivity index (χ3n) is 2.65. The lowest BCUT2D eigenvalue weighted by atomic mass is 9.92. The predicted octanol–water partition coefficient (Wildman–Crippen LogP) is 3.47. The molecule has 1 aromatic carbocycles. The summed E-state index contributed by atoms with van der Waals surface area (Å²) in [6.07, 6.45) is 0. The van der Waals surface area contributed by atoms with E-state index in [1.54, 1.807) is 7.11 Å². The Morgan fingerprint density at radius 3 is 2.53 bits per heavy atom. The molecule has 80 valence electrons. The van der Waals surface area contributed by atoms with Crippen LogP contribution in [0.2, 0.25) is 0 Å². The molecule has 0 radical (unpaired) electrons. The van der Waals surface area contributed by atoms with Crippen molar-refractivity contribution < 1.29 is 4.74 Å². The number of hydrogen-bond acceptors (Lipinski definition) is 1. The first-order chi connectivity index (χ1) is 7.02. The van der Waals surface area contributed by atoms with Gasteiger partial charge in [0.05, 0.1) is 7.11 Å². The topological polar surface area (TPSA) is 25.0 Å². The Morgan fingerprint density at radius 1 is 1.20 bits per heavy atom. The normalized spacial score (nSPS) is 12.0. The van der Waals surface area contributed by atoms with Gasteiger partial charge in [-0.15, -0.1) is 0 Å². The van der Waals surface area contributed by atoms with E-state index in [0.29, 0.717) is 0 Å². The van der Waals surface area contributed by atoms with Gasteiger partial charge in [-0.1, -0.05) is 26.8 Å². The average molecular weight is 203 g/mol. The van der Waals surface area contributed by atoms with Gasteiger partial charge in [0, 0.05) is 22.0 Å². The number of aromatic nitrogens is 1. The third-order valence-corrected chi connectivity index (χ3v) is 2.65. The maximum atomic E-state index is 5.33. The highest BCUT2D eigenvalue weighted by Crippen LogP contribution is 2.30. The molecular formula is C13H17NO. The molecule has 0 aliphatic carbocycles. The number of methoxy groups -OCH3 is 1. The van der Waals surface area contributed by atoms with E-state index in [-0.39, 0.29) is 5.41 Å². The van der Waals surface area contributed by atoms with Gasteiger partial charge >= 0.3 is 0 Å². The second kappa shape index (κ2) is 3.30. The van der Waals surface area contributed by atoms with Crippen LogP contribution in [0.5, 0.6) is 5.75 Å². The van der Waals surface area contributed by atoms with E-state index in [2.05, 4.69) is 37.9 Å². The third kappa shape index (κ3) is 1.72. The fraction of sp³-hybridized carbons (Fsp3) is 0.385. The highest BCUT2D eigenvalue weighted by molar-refractivity contribution is 5.86. The van der Waals surface area contributed by atoms with Crippen LogP contribution in [0.3, 0.4) is 0 Å². The van der Waals surface area contributed by atoms with E-state index >= 15 is 0 Å². The zero-order valence-electron chi connectivity index (χ0n) is 9.72. The molecule has 1 aromatic heterocycles. The van der Waals surface area contributed by atoms with Gasteiger partial charge in [0.2, 0.25) is 0 Å². The van der Waals surface area contributed by atoms with Crippen molar-refractivity contribution in [3.05, 3.63) is 30.0 Å². The van der Waals surface area contributed by atoms with Gasteiger partial charge in [-0.3, -0.25) is 0 Å². The van der Waals surface area contributed by atoms with Crippen molar-refractivity contribution in [2.45, 2.75) is 26.2 Å². The highest BCUT2D eigenvalue weighted by atomic mass is 16.5. The van der Waals surface area contributed by atoms with Crippen LogP contribution in [0.1, 0.15) is 26.5 Å². The van der Waals surface area contributed by atoms with Crippen LogP contribution in [0.4, 0.5) is 0 Å². The lowest BCUT2D eigenvalue weighted by molar-refractivity contribution is 0.420. The minimum Gasteiger partial charge on any atom is -0.496 e. The van der Waals surface area contributed by atoms with Crippen molar-refractivity contribution in [1.29, 1.82) is 0 Å². The minimum absolute atomic E-state index is 0.143.